The Labute approximate surface area is 98.2 Å². The van der Waals surface area contributed by atoms with Crippen LogP contribution >= 0.6 is 0 Å². The molecule has 1 fully saturated rings. The lowest BCUT2D eigenvalue weighted by molar-refractivity contribution is -0.146. The van der Waals surface area contributed by atoms with Crippen molar-refractivity contribution in [2.24, 2.45) is 11.8 Å². The first-order chi connectivity index (χ1) is 7.48. The fraction of sp³-hybridized carbons (Fsp3) is 0.923. The molecule has 3 unspecified atom stereocenters. The zero-order chi connectivity index (χ0) is 12.2. The van der Waals surface area contributed by atoms with Gasteiger partial charge < -0.3 is 9.84 Å². The maximum absolute atomic E-state index is 11.3. The molecule has 1 aliphatic rings. The molecule has 1 N–H and O–H groups in total. The molecule has 0 spiro atoms. The van der Waals surface area contributed by atoms with E-state index in [4.69, 9.17) is 4.74 Å². The van der Waals surface area contributed by atoms with Crippen molar-refractivity contribution in [2.45, 2.75) is 58.5 Å². The highest BCUT2D eigenvalue weighted by Crippen LogP contribution is 2.39. The summed E-state index contributed by atoms with van der Waals surface area (Å²) in [6.45, 7) is 6.47. The first-order valence-electron chi connectivity index (χ1n) is 6.36. The molecule has 3 heteroatoms. The third kappa shape index (κ3) is 3.48. The lowest BCUT2D eigenvalue weighted by Crippen LogP contribution is -2.42. The second-order valence-corrected chi connectivity index (χ2v) is 5.20. The highest BCUT2D eigenvalue weighted by molar-refractivity contribution is 5.69. The van der Waals surface area contributed by atoms with Gasteiger partial charge in [0.1, 0.15) is 0 Å². The average Bonchev–Trinajstić information content (AvgIpc) is 2.22. The van der Waals surface area contributed by atoms with E-state index in [1.807, 2.05) is 0 Å². The summed E-state index contributed by atoms with van der Waals surface area (Å²) in [5.74, 6) is 0.655. The van der Waals surface area contributed by atoms with E-state index in [1.54, 1.807) is 6.92 Å². The zero-order valence-electron chi connectivity index (χ0n) is 10.7. The normalized spacial score (nSPS) is 34.8. The fourth-order valence-corrected chi connectivity index (χ4v) is 2.61. The van der Waals surface area contributed by atoms with Crippen LogP contribution in [0.25, 0.3) is 0 Å². The maximum Gasteiger partial charge on any atom is 0.305 e. The zero-order valence-corrected chi connectivity index (χ0v) is 10.7. The Balaban J connectivity index is 2.45. The lowest BCUT2D eigenvalue weighted by Gasteiger charge is -2.41. The van der Waals surface area contributed by atoms with Crippen LogP contribution in [0.3, 0.4) is 0 Å². The Kier molecular flexibility index (Phi) is 4.78. The molecular formula is C13H24O3. The summed E-state index contributed by atoms with van der Waals surface area (Å²) in [6, 6.07) is 0. The molecule has 0 aromatic rings. The van der Waals surface area contributed by atoms with E-state index in [2.05, 4.69) is 13.8 Å². The molecule has 94 valence electrons. The van der Waals surface area contributed by atoms with E-state index in [9.17, 15) is 9.90 Å². The van der Waals surface area contributed by atoms with Gasteiger partial charge in [0.15, 0.2) is 0 Å². The highest BCUT2D eigenvalue weighted by atomic mass is 16.5. The average molecular weight is 228 g/mol. The summed E-state index contributed by atoms with van der Waals surface area (Å²) in [7, 11) is 0. The summed E-state index contributed by atoms with van der Waals surface area (Å²) in [5.41, 5.74) is -0.662. The lowest BCUT2D eigenvalue weighted by atomic mass is 9.70. The van der Waals surface area contributed by atoms with Crippen molar-refractivity contribution >= 4 is 5.97 Å². The van der Waals surface area contributed by atoms with Crippen LogP contribution in [0.15, 0.2) is 0 Å². The number of hydrogen-bond acceptors (Lipinski definition) is 3. The minimum absolute atomic E-state index is 0.193. The number of hydrogen-bond donors (Lipinski definition) is 1. The molecule has 16 heavy (non-hydrogen) atoms. The van der Waals surface area contributed by atoms with Crippen molar-refractivity contribution in [1.82, 2.24) is 0 Å². The van der Waals surface area contributed by atoms with Crippen LogP contribution in [-0.2, 0) is 9.53 Å². The number of rotatable bonds is 4. The van der Waals surface area contributed by atoms with E-state index < -0.39 is 5.60 Å². The van der Waals surface area contributed by atoms with Crippen molar-refractivity contribution in [3.05, 3.63) is 0 Å². The number of ether oxygens (including phenoxy) is 1. The van der Waals surface area contributed by atoms with Crippen molar-refractivity contribution in [3.8, 4) is 0 Å². The molecule has 3 nitrogen and oxygen atoms in total. The molecule has 0 radical (unpaired) electrons. The minimum atomic E-state index is -0.662. The highest BCUT2D eigenvalue weighted by Gasteiger charge is 2.38. The molecule has 1 aliphatic carbocycles. The monoisotopic (exact) mass is 228 g/mol. The quantitative estimate of drug-likeness (QED) is 0.752. The Morgan fingerprint density at radius 1 is 1.44 bits per heavy atom. The van der Waals surface area contributed by atoms with E-state index in [0.717, 1.165) is 12.8 Å². The molecule has 0 heterocycles. The Morgan fingerprint density at radius 3 is 2.75 bits per heavy atom. The molecule has 3 atom stereocenters. The van der Waals surface area contributed by atoms with Gasteiger partial charge in [0.2, 0.25) is 0 Å². The summed E-state index contributed by atoms with van der Waals surface area (Å²) in [5, 5.41) is 10.5. The van der Waals surface area contributed by atoms with Gasteiger partial charge in [-0.25, -0.2) is 0 Å². The second kappa shape index (κ2) is 5.67. The molecule has 0 aliphatic heterocycles. The summed E-state index contributed by atoms with van der Waals surface area (Å²) < 4.78 is 4.89. The second-order valence-electron chi connectivity index (χ2n) is 5.20. The molecule has 0 bridgehead atoms. The third-order valence-electron chi connectivity index (χ3n) is 3.78. The molecule has 0 saturated heterocycles. The third-order valence-corrected chi connectivity index (χ3v) is 3.78. The van der Waals surface area contributed by atoms with Crippen molar-refractivity contribution < 1.29 is 14.6 Å². The van der Waals surface area contributed by atoms with Crippen molar-refractivity contribution in [3.63, 3.8) is 0 Å². The SMILES string of the molecule is CCOC(=O)CCC1(O)CC(C)CCC1C. The molecule has 1 saturated carbocycles. The molecule has 0 amide bonds. The minimum Gasteiger partial charge on any atom is -0.466 e. The predicted octanol–water partition coefficient (Wildman–Crippen LogP) is 2.52. The number of carbonyl (C=O) groups excluding carboxylic acids is 1. The summed E-state index contributed by atoms with van der Waals surface area (Å²) in [4.78, 5) is 11.3. The molecule has 0 aromatic carbocycles. The van der Waals surface area contributed by atoms with Crippen LogP contribution in [0.4, 0.5) is 0 Å². The largest absolute Gasteiger partial charge is 0.466 e. The van der Waals surface area contributed by atoms with Crippen LogP contribution in [-0.4, -0.2) is 23.3 Å². The Hall–Kier alpha value is -0.570. The standard InChI is InChI=1S/C13H24O3/c1-4-16-12(14)7-8-13(15)9-10(2)5-6-11(13)3/h10-11,15H,4-9H2,1-3H3. The van der Waals surface area contributed by atoms with Crippen LogP contribution in [0, 0.1) is 11.8 Å². The maximum atomic E-state index is 11.3. The van der Waals surface area contributed by atoms with Gasteiger partial charge in [-0.05, 0) is 38.0 Å². The predicted molar refractivity (Wildman–Crippen MR) is 63.0 cm³/mol. The van der Waals surface area contributed by atoms with Gasteiger partial charge in [-0.15, -0.1) is 0 Å². The number of esters is 1. The Bertz CT molecular complexity index is 239. The van der Waals surface area contributed by atoms with E-state index in [0.29, 0.717) is 25.4 Å². The van der Waals surface area contributed by atoms with Gasteiger partial charge >= 0.3 is 5.97 Å². The Morgan fingerprint density at radius 2 is 2.12 bits per heavy atom. The summed E-state index contributed by atoms with van der Waals surface area (Å²) >= 11 is 0. The van der Waals surface area contributed by atoms with Gasteiger partial charge in [-0.2, -0.15) is 0 Å². The fourth-order valence-electron chi connectivity index (χ4n) is 2.61. The van der Waals surface area contributed by atoms with Crippen molar-refractivity contribution in [1.29, 1.82) is 0 Å². The molecule has 1 rings (SSSR count). The first kappa shape index (κ1) is 13.5. The topological polar surface area (TPSA) is 46.5 Å². The molecule has 0 aromatic heterocycles. The van der Waals surface area contributed by atoms with Crippen LogP contribution < -0.4 is 0 Å². The van der Waals surface area contributed by atoms with Crippen LogP contribution in [0.2, 0.25) is 0 Å². The van der Waals surface area contributed by atoms with Crippen LogP contribution in [0.5, 0.6) is 0 Å². The first-order valence-corrected chi connectivity index (χ1v) is 6.36. The molecular weight excluding hydrogens is 204 g/mol. The van der Waals surface area contributed by atoms with Gasteiger partial charge in [0, 0.05) is 6.42 Å². The van der Waals surface area contributed by atoms with Crippen molar-refractivity contribution in [2.75, 3.05) is 6.61 Å². The number of carbonyl (C=O) groups is 1. The van der Waals surface area contributed by atoms with Gasteiger partial charge in [-0.3, -0.25) is 4.79 Å². The van der Waals surface area contributed by atoms with Gasteiger partial charge in [0.05, 0.1) is 12.2 Å². The van der Waals surface area contributed by atoms with E-state index >= 15 is 0 Å². The van der Waals surface area contributed by atoms with Gasteiger partial charge in [0.25, 0.3) is 0 Å². The summed E-state index contributed by atoms with van der Waals surface area (Å²) in [6.07, 6.45) is 3.93. The number of aliphatic hydroxyl groups is 1. The van der Waals surface area contributed by atoms with E-state index in [1.165, 1.54) is 6.42 Å². The van der Waals surface area contributed by atoms with E-state index in [-0.39, 0.29) is 11.9 Å². The smallest absolute Gasteiger partial charge is 0.305 e. The van der Waals surface area contributed by atoms with Crippen LogP contribution in [0.1, 0.15) is 52.9 Å². The van der Waals surface area contributed by atoms with Gasteiger partial charge in [-0.1, -0.05) is 20.3 Å².